The van der Waals surface area contributed by atoms with Crippen LogP contribution >= 0.6 is 0 Å². The molecule has 7 nitrogen and oxygen atoms in total. The number of nitrogens with zero attached hydrogens (tertiary/aromatic N) is 3. The molecule has 0 aliphatic carbocycles. The van der Waals surface area contributed by atoms with Crippen LogP contribution in [0.15, 0.2) is 36.8 Å². The van der Waals surface area contributed by atoms with Crippen LogP contribution in [0.1, 0.15) is 54.1 Å². The first kappa shape index (κ1) is 19.5. The summed E-state index contributed by atoms with van der Waals surface area (Å²) in [6.07, 6.45) is 4.81. The zero-order valence-electron chi connectivity index (χ0n) is 15.7. The highest BCUT2D eigenvalue weighted by atomic mass is 16.5. The summed E-state index contributed by atoms with van der Waals surface area (Å²) in [5, 5.41) is 0.998. The van der Waals surface area contributed by atoms with Crippen LogP contribution in [0.4, 0.5) is 0 Å². The average molecular weight is 356 g/mol. The smallest absolute Gasteiger partial charge is 0.295 e. The van der Waals surface area contributed by atoms with Crippen LogP contribution in [0, 0.1) is 0 Å². The Bertz CT molecular complexity index is 785. The molecule has 0 radical (unpaired) electrons. The van der Waals surface area contributed by atoms with Gasteiger partial charge in [0.25, 0.3) is 11.8 Å². The molecule has 0 spiro atoms. The fourth-order valence-electron chi connectivity index (χ4n) is 2.50. The van der Waals surface area contributed by atoms with E-state index in [1.54, 1.807) is 25.3 Å². The molecule has 2 rings (SSSR count). The molecule has 2 aromatic rings. The Balaban J connectivity index is 2.49. The predicted molar refractivity (Wildman–Crippen MR) is 97.8 cm³/mol. The fourth-order valence-corrected chi connectivity index (χ4v) is 2.50. The van der Waals surface area contributed by atoms with Crippen molar-refractivity contribution in [3.63, 3.8) is 0 Å². The first-order valence-corrected chi connectivity index (χ1v) is 8.37. The zero-order chi connectivity index (χ0) is 19.3. The largest absolute Gasteiger partial charge is 0.496 e. The summed E-state index contributed by atoms with van der Waals surface area (Å²) in [6, 6.07) is 5.21. The molecule has 0 saturated carbocycles. The Kier molecular flexibility index (Phi) is 6.05. The molecule has 0 aliphatic rings. The molecule has 26 heavy (non-hydrogen) atoms. The van der Waals surface area contributed by atoms with E-state index in [9.17, 15) is 9.59 Å². The molecule has 0 bridgehead atoms. The second-order valence-electron chi connectivity index (χ2n) is 6.74. The number of benzene rings is 1. The van der Waals surface area contributed by atoms with E-state index in [1.807, 2.05) is 27.7 Å². The summed E-state index contributed by atoms with van der Waals surface area (Å²) in [5.41, 5.74) is 3.68. The van der Waals surface area contributed by atoms with E-state index >= 15 is 0 Å². The Hall–Kier alpha value is -2.80. The van der Waals surface area contributed by atoms with E-state index in [-0.39, 0.29) is 5.69 Å². The summed E-state index contributed by atoms with van der Waals surface area (Å²) in [7, 11) is 1.55. The van der Waals surface area contributed by atoms with Crippen LogP contribution < -0.4 is 10.2 Å². The molecule has 1 aromatic carbocycles. The van der Waals surface area contributed by atoms with Gasteiger partial charge in [-0.2, -0.15) is 0 Å². The van der Waals surface area contributed by atoms with Crippen LogP contribution in [0.25, 0.3) is 0 Å². The minimum atomic E-state index is -0.567. The van der Waals surface area contributed by atoms with Crippen molar-refractivity contribution in [2.24, 2.45) is 0 Å². The lowest BCUT2D eigenvalue weighted by molar-refractivity contribution is 0.0447. The number of carbonyl (C=O) groups is 2. The van der Waals surface area contributed by atoms with Crippen molar-refractivity contribution in [1.82, 2.24) is 20.4 Å². The van der Waals surface area contributed by atoms with Gasteiger partial charge in [0.05, 0.1) is 13.3 Å². The van der Waals surface area contributed by atoms with Gasteiger partial charge in [-0.25, -0.2) is 15.4 Å². The van der Waals surface area contributed by atoms with Crippen molar-refractivity contribution in [3.05, 3.63) is 53.6 Å². The van der Waals surface area contributed by atoms with Crippen LogP contribution in [-0.2, 0) is 6.42 Å². The standard InChI is InChI=1S/C19H24N4O3/c1-6-13-14(8-7-9-16(13)26-5)17(24)23(22-19(2,3)4)18(25)15-12-20-10-11-21-15/h7-12,22H,6H2,1-5H3. The Morgan fingerprint density at radius 1 is 1.19 bits per heavy atom. The summed E-state index contributed by atoms with van der Waals surface area (Å²) >= 11 is 0. The zero-order valence-corrected chi connectivity index (χ0v) is 15.7. The number of hydrazine groups is 1. The molecule has 0 aliphatic heterocycles. The van der Waals surface area contributed by atoms with E-state index < -0.39 is 17.4 Å². The van der Waals surface area contributed by atoms with Gasteiger partial charge in [-0.15, -0.1) is 0 Å². The maximum atomic E-state index is 13.2. The molecule has 7 heteroatoms. The number of aromatic nitrogens is 2. The minimum Gasteiger partial charge on any atom is -0.496 e. The third-order valence-corrected chi connectivity index (χ3v) is 3.57. The van der Waals surface area contributed by atoms with E-state index in [1.165, 1.54) is 18.6 Å². The van der Waals surface area contributed by atoms with E-state index in [0.29, 0.717) is 17.7 Å². The molecule has 0 atom stereocenters. The van der Waals surface area contributed by atoms with Gasteiger partial charge in [0.15, 0.2) is 0 Å². The first-order chi connectivity index (χ1) is 12.3. The number of hydrogen-bond acceptors (Lipinski definition) is 6. The first-order valence-electron chi connectivity index (χ1n) is 8.37. The number of ether oxygens (including phenoxy) is 1. The summed E-state index contributed by atoms with van der Waals surface area (Å²) in [5.74, 6) is -0.421. The van der Waals surface area contributed by atoms with Crippen molar-refractivity contribution in [1.29, 1.82) is 0 Å². The highest BCUT2D eigenvalue weighted by Gasteiger charge is 2.30. The molecular weight excluding hydrogens is 332 g/mol. The Morgan fingerprint density at radius 2 is 1.92 bits per heavy atom. The fraction of sp³-hybridized carbons (Fsp3) is 0.368. The van der Waals surface area contributed by atoms with Crippen molar-refractivity contribution in [2.75, 3.05) is 7.11 Å². The SMILES string of the molecule is CCc1c(OC)cccc1C(=O)N(NC(C)(C)C)C(=O)c1cnccn1. The lowest BCUT2D eigenvalue weighted by Crippen LogP contribution is -2.55. The topological polar surface area (TPSA) is 84.4 Å². The Labute approximate surface area is 153 Å². The van der Waals surface area contributed by atoms with Crippen LogP contribution in [-0.4, -0.2) is 39.4 Å². The Morgan fingerprint density at radius 3 is 2.46 bits per heavy atom. The maximum Gasteiger partial charge on any atom is 0.295 e. The molecule has 1 aromatic heterocycles. The van der Waals surface area contributed by atoms with Gasteiger partial charge in [0.1, 0.15) is 11.4 Å². The quantitative estimate of drug-likeness (QED) is 0.655. The van der Waals surface area contributed by atoms with Gasteiger partial charge in [-0.05, 0) is 39.3 Å². The molecule has 0 saturated heterocycles. The van der Waals surface area contributed by atoms with E-state index in [4.69, 9.17) is 4.74 Å². The summed E-state index contributed by atoms with van der Waals surface area (Å²) < 4.78 is 5.35. The molecule has 0 fully saturated rings. The average Bonchev–Trinajstić information content (AvgIpc) is 2.64. The lowest BCUT2D eigenvalue weighted by atomic mass is 10.0. The summed E-state index contributed by atoms with van der Waals surface area (Å²) in [4.78, 5) is 34.0. The number of nitrogens with one attached hydrogen (secondary N) is 1. The molecule has 1 heterocycles. The van der Waals surface area contributed by atoms with Gasteiger partial charge in [0.2, 0.25) is 0 Å². The van der Waals surface area contributed by atoms with Crippen molar-refractivity contribution < 1.29 is 14.3 Å². The predicted octanol–water partition coefficient (Wildman–Crippen LogP) is 2.63. The highest BCUT2D eigenvalue weighted by molar-refractivity contribution is 6.09. The molecule has 0 unspecified atom stereocenters. The highest BCUT2D eigenvalue weighted by Crippen LogP contribution is 2.24. The number of carbonyl (C=O) groups excluding carboxylic acids is 2. The number of rotatable bonds is 5. The number of hydrogen-bond donors (Lipinski definition) is 1. The van der Waals surface area contributed by atoms with Gasteiger partial charge >= 0.3 is 0 Å². The van der Waals surface area contributed by atoms with Crippen LogP contribution in [0.3, 0.4) is 0 Å². The van der Waals surface area contributed by atoms with Crippen molar-refractivity contribution in [3.8, 4) is 5.75 Å². The lowest BCUT2D eigenvalue weighted by Gasteiger charge is -2.30. The van der Waals surface area contributed by atoms with Crippen LogP contribution in [0.2, 0.25) is 0 Å². The third kappa shape index (κ3) is 4.43. The van der Waals surface area contributed by atoms with E-state index in [2.05, 4.69) is 15.4 Å². The van der Waals surface area contributed by atoms with Crippen molar-refractivity contribution >= 4 is 11.8 Å². The molecular formula is C19H24N4O3. The third-order valence-electron chi connectivity index (χ3n) is 3.57. The van der Waals surface area contributed by atoms with Gasteiger partial charge in [-0.3, -0.25) is 14.6 Å². The molecule has 2 amide bonds. The van der Waals surface area contributed by atoms with Crippen molar-refractivity contribution in [2.45, 2.75) is 39.7 Å². The molecule has 1 N–H and O–H groups in total. The van der Waals surface area contributed by atoms with E-state index in [0.717, 1.165) is 10.6 Å². The second-order valence-corrected chi connectivity index (χ2v) is 6.74. The van der Waals surface area contributed by atoms with Gasteiger partial charge in [-0.1, -0.05) is 13.0 Å². The molecule has 138 valence electrons. The van der Waals surface area contributed by atoms with Gasteiger partial charge in [0, 0.05) is 29.1 Å². The minimum absolute atomic E-state index is 0.0820. The number of imide groups is 1. The number of amides is 2. The monoisotopic (exact) mass is 356 g/mol. The summed E-state index contributed by atoms with van der Waals surface area (Å²) in [6.45, 7) is 7.53. The van der Waals surface area contributed by atoms with Crippen LogP contribution in [0.5, 0.6) is 5.75 Å². The second kappa shape index (κ2) is 8.05. The van der Waals surface area contributed by atoms with Gasteiger partial charge < -0.3 is 4.74 Å². The maximum absolute atomic E-state index is 13.2. The normalized spacial score (nSPS) is 11.1. The number of methoxy groups -OCH3 is 1.